The van der Waals surface area contributed by atoms with E-state index in [-0.39, 0.29) is 17.5 Å². The van der Waals surface area contributed by atoms with Crippen LogP contribution in [0.1, 0.15) is 40.3 Å². The minimum Gasteiger partial charge on any atom is -0.330 e. The fourth-order valence-corrected chi connectivity index (χ4v) is 5.18. The minimum atomic E-state index is -4.55. The predicted octanol–water partition coefficient (Wildman–Crippen LogP) is 4.21. The van der Waals surface area contributed by atoms with Crippen LogP contribution in [-0.4, -0.2) is 41.9 Å². The second-order valence-electron chi connectivity index (χ2n) is 7.82. The number of benzene rings is 1. The van der Waals surface area contributed by atoms with Crippen molar-refractivity contribution in [3.8, 4) is 11.3 Å². The van der Waals surface area contributed by atoms with Crippen LogP contribution in [-0.2, 0) is 26.7 Å². The molecule has 1 aromatic carbocycles. The molecular formula is C21H19F3N6OS. The summed E-state index contributed by atoms with van der Waals surface area (Å²) in [7, 11) is 2.90. The number of thiazole rings is 1. The summed E-state index contributed by atoms with van der Waals surface area (Å²) >= 11 is 1.47. The van der Waals surface area contributed by atoms with Gasteiger partial charge in [0.25, 0.3) is 5.91 Å². The van der Waals surface area contributed by atoms with Crippen molar-refractivity contribution in [2.75, 3.05) is 6.54 Å². The van der Waals surface area contributed by atoms with E-state index in [9.17, 15) is 18.0 Å². The van der Waals surface area contributed by atoms with E-state index in [1.807, 2.05) is 19.1 Å². The zero-order valence-corrected chi connectivity index (χ0v) is 18.3. The highest BCUT2D eigenvalue weighted by Gasteiger charge is 2.41. The van der Waals surface area contributed by atoms with E-state index in [2.05, 4.69) is 15.2 Å². The number of hydrogen-bond acceptors (Lipinski definition) is 5. The van der Waals surface area contributed by atoms with Crippen molar-refractivity contribution in [3.05, 3.63) is 52.4 Å². The summed E-state index contributed by atoms with van der Waals surface area (Å²) in [6, 6.07) is 5.02. The molecule has 11 heteroatoms. The van der Waals surface area contributed by atoms with Crippen LogP contribution in [0.5, 0.6) is 0 Å². The third-order valence-electron chi connectivity index (χ3n) is 5.94. The molecule has 32 heavy (non-hydrogen) atoms. The second-order valence-corrected chi connectivity index (χ2v) is 8.71. The SMILES string of the molecule is C[C@H]1c2nn(C)c(-c3cnn(C)c3C(F)(F)F)c2CCN1C(=O)c1ccc2ncsc2c1. The summed E-state index contributed by atoms with van der Waals surface area (Å²) in [4.78, 5) is 19.2. The summed E-state index contributed by atoms with van der Waals surface area (Å²) in [5.74, 6) is -0.136. The van der Waals surface area contributed by atoms with E-state index in [1.165, 1.54) is 29.3 Å². The molecular weight excluding hydrogens is 441 g/mol. The van der Waals surface area contributed by atoms with Gasteiger partial charge in [-0.25, -0.2) is 4.98 Å². The largest absolute Gasteiger partial charge is 0.433 e. The molecule has 0 aliphatic carbocycles. The molecule has 1 aliphatic heterocycles. The second kappa shape index (κ2) is 7.16. The number of carbonyl (C=O) groups is 1. The first-order valence-electron chi connectivity index (χ1n) is 9.96. The van der Waals surface area contributed by atoms with E-state index in [0.717, 1.165) is 20.5 Å². The number of hydrogen-bond donors (Lipinski definition) is 0. The molecule has 1 amide bonds. The van der Waals surface area contributed by atoms with Crippen LogP contribution in [0.25, 0.3) is 21.5 Å². The van der Waals surface area contributed by atoms with Crippen molar-refractivity contribution in [2.45, 2.75) is 25.6 Å². The van der Waals surface area contributed by atoms with Gasteiger partial charge in [0.05, 0.1) is 44.9 Å². The highest BCUT2D eigenvalue weighted by molar-refractivity contribution is 7.16. The summed E-state index contributed by atoms with van der Waals surface area (Å²) in [6.45, 7) is 2.24. The molecule has 1 atom stereocenters. The molecule has 1 aliphatic rings. The van der Waals surface area contributed by atoms with E-state index in [4.69, 9.17) is 0 Å². The van der Waals surface area contributed by atoms with Gasteiger partial charge in [0, 0.05) is 31.8 Å². The van der Waals surface area contributed by atoms with Gasteiger partial charge in [-0.15, -0.1) is 11.3 Å². The predicted molar refractivity (Wildman–Crippen MR) is 113 cm³/mol. The molecule has 0 N–H and O–H groups in total. The lowest BCUT2D eigenvalue weighted by Crippen LogP contribution is -2.38. The molecule has 0 spiro atoms. The molecule has 166 valence electrons. The van der Waals surface area contributed by atoms with Crippen LogP contribution in [0.3, 0.4) is 0 Å². The highest BCUT2D eigenvalue weighted by atomic mass is 32.1. The van der Waals surface area contributed by atoms with Crippen molar-refractivity contribution < 1.29 is 18.0 Å². The highest BCUT2D eigenvalue weighted by Crippen LogP contribution is 2.41. The zero-order valence-electron chi connectivity index (χ0n) is 17.5. The monoisotopic (exact) mass is 460 g/mol. The fraction of sp³-hybridized carbons (Fsp3) is 0.333. The average molecular weight is 460 g/mol. The van der Waals surface area contributed by atoms with Gasteiger partial charge in [0.15, 0.2) is 5.69 Å². The van der Waals surface area contributed by atoms with Crippen molar-refractivity contribution in [1.82, 2.24) is 29.4 Å². The molecule has 0 fully saturated rings. The Kier molecular flexibility index (Phi) is 4.63. The van der Waals surface area contributed by atoms with Gasteiger partial charge in [-0.05, 0) is 31.5 Å². The normalized spacial score (nSPS) is 16.6. The van der Waals surface area contributed by atoms with E-state index < -0.39 is 11.9 Å². The molecule has 0 saturated carbocycles. The number of amides is 1. The fourth-order valence-electron chi connectivity index (χ4n) is 4.46. The Hall–Kier alpha value is -3.21. The first-order chi connectivity index (χ1) is 15.2. The van der Waals surface area contributed by atoms with Gasteiger partial charge in [0.1, 0.15) is 0 Å². The molecule has 4 aromatic rings. The van der Waals surface area contributed by atoms with Crippen molar-refractivity contribution in [2.24, 2.45) is 14.1 Å². The van der Waals surface area contributed by atoms with Crippen molar-refractivity contribution in [1.29, 1.82) is 0 Å². The Morgan fingerprint density at radius 3 is 2.75 bits per heavy atom. The summed E-state index contributed by atoms with van der Waals surface area (Å²) in [5.41, 5.74) is 4.04. The maximum atomic E-state index is 13.7. The third-order valence-corrected chi connectivity index (χ3v) is 6.74. The Labute approximate surface area is 185 Å². The lowest BCUT2D eigenvalue weighted by Gasteiger charge is -2.33. The molecule has 0 bridgehead atoms. The lowest BCUT2D eigenvalue weighted by atomic mass is 9.95. The van der Waals surface area contributed by atoms with Gasteiger partial charge in [-0.2, -0.15) is 23.4 Å². The average Bonchev–Trinajstić information content (AvgIpc) is 3.43. The van der Waals surface area contributed by atoms with E-state index >= 15 is 0 Å². The molecule has 5 rings (SSSR count). The maximum Gasteiger partial charge on any atom is 0.433 e. The molecule has 7 nitrogen and oxygen atoms in total. The smallest absolute Gasteiger partial charge is 0.330 e. The van der Waals surface area contributed by atoms with Gasteiger partial charge in [-0.3, -0.25) is 14.2 Å². The molecule has 0 saturated heterocycles. The Bertz CT molecular complexity index is 1350. The van der Waals surface area contributed by atoms with Gasteiger partial charge >= 0.3 is 6.18 Å². The third kappa shape index (κ3) is 3.10. The molecule has 3 aromatic heterocycles. The number of aryl methyl sites for hydroxylation is 2. The summed E-state index contributed by atoms with van der Waals surface area (Å²) in [5, 5.41) is 8.36. The lowest BCUT2D eigenvalue weighted by molar-refractivity contribution is -0.143. The maximum absolute atomic E-state index is 13.7. The van der Waals surface area contributed by atoms with Crippen LogP contribution in [0.4, 0.5) is 13.2 Å². The Morgan fingerprint density at radius 1 is 1.22 bits per heavy atom. The van der Waals surface area contributed by atoms with Crippen LogP contribution < -0.4 is 0 Å². The quantitative estimate of drug-likeness (QED) is 0.450. The van der Waals surface area contributed by atoms with E-state index in [1.54, 1.807) is 23.5 Å². The molecule has 4 heterocycles. The number of alkyl halides is 3. The topological polar surface area (TPSA) is 68.8 Å². The zero-order chi connectivity index (χ0) is 22.8. The van der Waals surface area contributed by atoms with Crippen LogP contribution in [0.2, 0.25) is 0 Å². The Morgan fingerprint density at radius 2 is 2.00 bits per heavy atom. The van der Waals surface area contributed by atoms with Crippen molar-refractivity contribution in [3.63, 3.8) is 0 Å². The molecule has 0 radical (unpaired) electrons. The number of rotatable bonds is 2. The number of nitrogens with zero attached hydrogens (tertiary/aromatic N) is 6. The number of carbonyl (C=O) groups excluding carboxylic acids is 1. The minimum absolute atomic E-state index is 0.00104. The van der Waals surface area contributed by atoms with Gasteiger partial charge in [-0.1, -0.05) is 0 Å². The van der Waals surface area contributed by atoms with Crippen LogP contribution in [0, 0.1) is 0 Å². The van der Waals surface area contributed by atoms with Crippen LogP contribution >= 0.6 is 11.3 Å². The number of halogens is 3. The summed E-state index contributed by atoms with van der Waals surface area (Å²) in [6.07, 6.45) is -2.91. The summed E-state index contributed by atoms with van der Waals surface area (Å²) < 4.78 is 44.2. The van der Waals surface area contributed by atoms with Gasteiger partial charge < -0.3 is 4.90 Å². The first-order valence-corrected chi connectivity index (χ1v) is 10.8. The number of aromatic nitrogens is 5. The number of fused-ring (bicyclic) bond motifs is 2. The Balaban J connectivity index is 1.53. The van der Waals surface area contributed by atoms with Crippen LogP contribution in [0.15, 0.2) is 29.9 Å². The molecule has 0 unspecified atom stereocenters. The first kappa shape index (κ1) is 20.7. The van der Waals surface area contributed by atoms with Gasteiger partial charge in [0.2, 0.25) is 0 Å². The van der Waals surface area contributed by atoms with Crippen molar-refractivity contribution >= 4 is 27.5 Å². The standard InChI is InChI=1S/C21H19F3N6OS/c1-11-17-13(18(28(2)27-17)14-9-26-29(3)19(14)21(22,23)24)6-7-30(11)20(31)12-4-5-15-16(8-12)32-10-25-15/h4-5,8-11H,6-7H2,1-3H3/t11-/m0/s1. The van der Waals surface area contributed by atoms with E-state index in [0.29, 0.717) is 29.9 Å².